The van der Waals surface area contributed by atoms with Crippen LogP contribution < -0.4 is 0 Å². The molecular formula is C23H23N5OS. The molecule has 0 aliphatic carbocycles. The number of hydrogen-bond acceptors (Lipinski definition) is 5. The number of ketones is 1. The number of aryl methyl sites for hydroxylation is 3. The lowest BCUT2D eigenvalue weighted by Crippen LogP contribution is -2.22. The monoisotopic (exact) mass is 417 g/mol. The summed E-state index contributed by atoms with van der Waals surface area (Å²) < 4.78 is 3.92. The van der Waals surface area contributed by atoms with E-state index in [1.54, 1.807) is 22.2 Å². The molecule has 0 amide bonds. The molecule has 0 fully saturated rings. The summed E-state index contributed by atoms with van der Waals surface area (Å²) in [6.07, 6.45) is 6.19. The highest BCUT2D eigenvalue weighted by molar-refractivity contribution is 7.09. The van der Waals surface area contributed by atoms with Gasteiger partial charge in [0.25, 0.3) is 0 Å². The first kappa shape index (κ1) is 18.9. The third-order valence-electron chi connectivity index (χ3n) is 5.75. The third-order valence-corrected chi connectivity index (χ3v) is 6.52. The number of aromatic nitrogens is 5. The fourth-order valence-electron chi connectivity index (χ4n) is 4.22. The topological polar surface area (TPSA) is 65.6 Å². The lowest BCUT2D eigenvalue weighted by atomic mass is 9.91. The van der Waals surface area contributed by atoms with Crippen LogP contribution in [0, 0.1) is 12.8 Å². The van der Waals surface area contributed by atoms with Crippen molar-refractivity contribution in [2.45, 2.75) is 32.7 Å². The van der Waals surface area contributed by atoms with E-state index < -0.39 is 0 Å². The molecule has 0 saturated heterocycles. The third kappa shape index (κ3) is 3.50. The molecule has 1 aliphatic rings. The van der Waals surface area contributed by atoms with Crippen LogP contribution in [0.2, 0.25) is 0 Å². The second kappa shape index (κ2) is 7.65. The summed E-state index contributed by atoms with van der Waals surface area (Å²) in [5.74, 6) is 1.48. The molecule has 7 heteroatoms. The van der Waals surface area contributed by atoms with Gasteiger partial charge in [-0.05, 0) is 19.3 Å². The van der Waals surface area contributed by atoms with Crippen molar-refractivity contribution in [2.24, 2.45) is 13.0 Å². The van der Waals surface area contributed by atoms with E-state index in [1.165, 1.54) is 0 Å². The van der Waals surface area contributed by atoms with Gasteiger partial charge in [-0.3, -0.25) is 9.48 Å². The maximum absolute atomic E-state index is 13.2. The van der Waals surface area contributed by atoms with Crippen molar-refractivity contribution in [1.82, 2.24) is 24.3 Å². The lowest BCUT2D eigenvalue weighted by molar-refractivity contribution is 0.0945. The molecule has 30 heavy (non-hydrogen) atoms. The van der Waals surface area contributed by atoms with Crippen molar-refractivity contribution in [3.05, 3.63) is 64.6 Å². The zero-order chi connectivity index (χ0) is 20.7. The van der Waals surface area contributed by atoms with Gasteiger partial charge in [0.15, 0.2) is 5.78 Å². The van der Waals surface area contributed by atoms with Gasteiger partial charge in [-0.2, -0.15) is 5.10 Å². The number of carbonyl (C=O) groups excluding carboxylic acids is 1. The fraction of sp³-hybridized carbons (Fsp3) is 0.304. The van der Waals surface area contributed by atoms with E-state index in [0.717, 1.165) is 52.7 Å². The molecule has 6 nitrogen and oxygen atoms in total. The predicted octanol–water partition coefficient (Wildman–Crippen LogP) is 4.55. The Bertz CT molecular complexity index is 1200. The van der Waals surface area contributed by atoms with Crippen LogP contribution in [-0.2, 0) is 20.0 Å². The van der Waals surface area contributed by atoms with Crippen LogP contribution in [0.15, 0.2) is 48.1 Å². The molecular weight excluding hydrogens is 394 g/mol. The minimum Gasteiger partial charge on any atom is -0.334 e. The average molecular weight is 418 g/mol. The first-order valence-electron chi connectivity index (χ1n) is 10.2. The number of imidazole rings is 1. The molecule has 0 radical (unpaired) electrons. The Labute approximate surface area is 179 Å². The van der Waals surface area contributed by atoms with E-state index in [0.29, 0.717) is 12.1 Å². The van der Waals surface area contributed by atoms with E-state index in [-0.39, 0.29) is 11.7 Å². The highest BCUT2D eigenvalue weighted by atomic mass is 32.1. The van der Waals surface area contributed by atoms with E-state index in [2.05, 4.69) is 33.0 Å². The number of fused-ring (bicyclic) bond motifs is 1. The smallest absolute Gasteiger partial charge is 0.181 e. The molecule has 4 heterocycles. The van der Waals surface area contributed by atoms with Crippen molar-refractivity contribution < 1.29 is 4.79 Å². The van der Waals surface area contributed by atoms with Crippen molar-refractivity contribution >= 4 is 17.1 Å². The van der Waals surface area contributed by atoms with E-state index in [4.69, 9.17) is 4.98 Å². The standard InChI is InChI=1S/C23H23N5OS/c1-15-25-20(14-30-15)18-12-24-27(2)23(18)21(29)10-16-8-9-28-13-19(26-22(28)11-16)17-6-4-3-5-7-17/h3-7,12-14,16H,8-11H2,1-2H3. The van der Waals surface area contributed by atoms with Crippen molar-refractivity contribution in [1.29, 1.82) is 0 Å². The highest BCUT2D eigenvalue weighted by Gasteiger charge is 2.27. The quantitative estimate of drug-likeness (QED) is 0.447. The Kier molecular flexibility index (Phi) is 4.83. The summed E-state index contributed by atoms with van der Waals surface area (Å²) in [4.78, 5) is 22.6. The van der Waals surface area contributed by atoms with Crippen LogP contribution >= 0.6 is 11.3 Å². The Morgan fingerprint density at radius 2 is 2.03 bits per heavy atom. The zero-order valence-electron chi connectivity index (χ0n) is 17.1. The van der Waals surface area contributed by atoms with E-state index >= 15 is 0 Å². The maximum atomic E-state index is 13.2. The number of rotatable bonds is 5. The van der Waals surface area contributed by atoms with Crippen LogP contribution in [0.1, 0.15) is 34.2 Å². The molecule has 0 spiro atoms. The Morgan fingerprint density at radius 3 is 2.80 bits per heavy atom. The predicted molar refractivity (Wildman–Crippen MR) is 117 cm³/mol. The van der Waals surface area contributed by atoms with Crippen LogP contribution in [0.4, 0.5) is 0 Å². The first-order chi connectivity index (χ1) is 14.6. The summed E-state index contributed by atoms with van der Waals surface area (Å²) in [7, 11) is 1.83. The number of Topliss-reactive ketones (excluding diaryl/α,β-unsaturated/α-hetero) is 1. The minimum absolute atomic E-state index is 0.129. The Hall–Kier alpha value is -3.06. The van der Waals surface area contributed by atoms with Crippen LogP contribution in [-0.4, -0.2) is 30.1 Å². The molecule has 1 aliphatic heterocycles. The molecule has 1 aromatic carbocycles. The van der Waals surface area contributed by atoms with Gasteiger partial charge in [-0.15, -0.1) is 11.3 Å². The molecule has 152 valence electrons. The average Bonchev–Trinajstić information content (AvgIpc) is 3.46. The normalized spacial score (nSPS) is 15.9. The number of nitrogens with zero attached hydrogens (tertiary/aromatic N) is 5. The number of benzene rings is 1. The lowest BCUT2D eigenvalue weighted by Gasteiger charge is -2.22. The molecule has 0 N–H and O–H groups in total. The molecule has 5 rings (SSSR count). The zero-order valence-corrected chi connectivity index (χ0v) is 17.9. The van der Waals surface area contributed by atoms with Gasteiger partial charge in [0.2, 0.25) is 0 Å². The van der Waals surface area contributed by atoms with Gasteiger partial charge in [0, 0.05) is 43.6 Å². The number of carbonyl (C=O) groups is 1. The van der Waals surface area contributed by atoms with Gasteiger partial charge in [-0.25, -0.2) is 9.97 Å². The second-order valence-corrected chi connectivity index (χ2v) is 8.93. The molecule has 4 aromatic rings. The van der Waals surface area contributed by atoms with Crippen molar-refractivity contribution in [3.63, 3.8) is 0 Å². The van der Waals surface area contributed by atoms with Crippen LogP contribution in [0.3, 0.4) is 0 Å². The summed E-state index contributed by atoms with van der Waals surface area (Å²) in [6.45, 7) is 2.87. The maximum Gasteiger partial charge on any atom is 0.181 e. The van der Waals surface area contributed by atoms with Crippen LogP contribution in [0.25, 0.3) is 22.5 Å². The summed E-state index contributed by atoms with van der Waals surface area (Å²) in [6, 6.07) is 10.2. The van der Waals surface area contributed by atoms with Crippen molar-refractivity contribution in [3.8, 4) is 22.5 Å². The summed E-state index contributed by atoms with van der Waals surface area (Å²) >= 11 is 1.59. The van der Waals surface area contributed by atoms with E-state index in [9.17, 15) is 4.79 Å². The van der Waals surface area contributed by atoms with Gasteiger partial charge < -0.3 is 4.57 Å². The van der Waals surface area contributed by atoms with E-state index in [1.807, 2.05) is 37.6 Å². The molecule has 1 unspecified atom stereocenters. The van der Waals surface area contributed by atoms with Gasteiger partial charge >= 0.3 is 0 Å². The van der Waals surface area contributed by atoms with Gasteiger partial charge in [0.1, 0.15) is 11.5 Å². The first-order valence-corrected chi connectivity index (χ1v) is 11.1. The number of thiazole rings is 1. The fourth-order valence-corrected chi connectivity index (χ4v) is 4.83. The van der Waals surface area contributed by atoms with Crippen LogP contribution in [0.5, 0.6) is 0 Å². The second-order valence-electron chi connectivity index (χ2n) is 7.87. The SMILES string of the molecule is Cc1nc(-c2cnn(C)c2C(=O)CC2CCn3cc(-c4ccccc4)nc3C2)cs1. The molecule has 0 bridgehead atoms. The number of hydrogen-bond donors (Lipinski definition) is 0. The molecule has 3 aromatic heterocycles. The molecule has 0 saturated carbocycles. The summed E-state index contributed by atoms with van der Waals surface area (Å²) in [5, 5.41) is 7.31. The minimum atomic E-state index is 0.129. The summed E-state index contributed by atoms with van der Waals surface area (Å²) in [5.41, 5.74) is 4.45. The highest BCUT2D eigenvalue weighted by Crippen LogP contribution is 2.30. The van der Waals surface area contributed by atoms with Gasteiger partial charge in [0.05, 0.1) is 28.2 Å². The molecule has 1 atom stereocenters. The Balaban J connectivity index is 1.34. The van der Waals surface area contributed by atoms with Crippen molar-refractivity contribution in [2.75, 3.05) is 0 Å². The largest absolute Gasteiger partial charge is 0.334 e. The van der Waals surface area contributed by atoms with Gasteiger partial charge in [-0.1, -0.05) is 30.3 Å². The Morgan fingerprint density at radius 1 is 1.20 bits per heavy atom.